The number of cyclic esters (lactones) is 1. The van der Waals surface area contributed by atoms with E-state index in [1.807, 2.05) is 0 Å². The Hall–Kier alpha value is -1.16. The van der Waals surface area contributed by atoms with Gasteiger partial charge in [-0.2, -0.15) is 0 Å². The van der Waals surface area contributed by atoms with E-state index < -0.39 is 5.60 Å². The molecule has 4 nitrogen and oxygen atoms in total. The number of carbonyl (C=O) groups is 2. The van der Waals surface area contributed by atoms with Crippen molar-refractivity contribution in [1.82, 2.24) is 0 Å². The summed E-state index contributed by atoms with van der Waals surface area (Å²) >= 11 is 0. The number of aliphatic hydroxyl groups is 1. The summed E-state index contributed by atoms with van der Waals surface area (Å²) in [4.78, 5) is 23.7. The first-order valence-corrected chi connectivity index (χ1v) is 10.9. The van der Waals surface area contributed by atoms with Crippen LogP contribution in [0.15, 0.2) is 11.6 Å². The van der Waals surface area contributed by atoms with Gasteiger partial charge in [-0.3, -0.25) is 4.79 Å². The fourth-order valence-electron chi connectivity index (χ4n) is 8.20. The fraction of sp³-hybridized carbons (Fsp3) is 0.826. The minimum absolute atomic E-state index is 0.165. The molecule has 4 aliphatic carbocycles. The highest BCUT2D eigenvalue weighted by molar-refractivity contribution is 5.85. The highest BCUT2D eigenvalue weighted by Gasteiger charge is 2.67. The van der Waals surface area contributed by atoms with Crippen molar-refractivity contribution in [2.45, 2.75) is 77.2 Å². The van der Waals surface area contributed by atoms with Gasteiger partial charge in [0.05, 0.1) is 5.60 Å². The van der Waals surface area contributed by atoms with Gasteiger partial charge in [-0.25, -0.2) is 4.79 Å². The molecule has 5 rings (SSSR count). The van der Waals surface area contributed by atoms with E-state index in [0.29, 0.717) is 30.1 Å². The number of hydrogen-bond acceptors (Lipinski definition) is 4. The summed E-state index contributed by atoms with van der Waals surface area (Å²) in [5, 5.41) is 12.1. The number of hydrogen-bond donors (Lipinski definition) is 1. The summed E-state index contributed by atoms with van der Waals surface area (Å²) in [5.74, 6) is 1.83. The van der Waals surface area contributed by atoms with Crippen molar-refractivity contribution in [2.75, 3.05) is 6.61 Å². The quantitative estimate of drug-likeness (QED) is 0.711. The summed E-state index contributed by atoms with van der Waals surface area (Å²) in [6.45, 7) is 5.08. The molecule has 7 atom stereocenters. The lowest BCUT2D eigenvalue weighted by Crippen LogP contribution is -2.62. The van der Waals surface area contributed by atoms with Crippen LogP contribution in [0, 0.1) is 34.5 Å². The lowest BCUT2D eigenvalue weighted by Gasteiger charge is -2.63. The average Bonchev–Trinajstić information content (AvgIpc) is 3.16. The zero-order valence-electron chi connectivity index (χ0n) is 16.6. The van der Waals surface area contributed by atoms with E-state index in [4.69, 9.17) is 4.74 Å². The van der Waals surface area contributed by atoms with Gasteiger partial charge in [-0.05, 0) is 79.6 Å². The Kier molecular flexibility index (Phi) is 3.77. The van der Waals surface area contributed by atoms with E-state index in [1.54, 1.807) is 6.08 Å². The van der Waals surface area contributed by atoms with Gasteiger partial charge in [0, 0.05) is 24.3 Å². The van der Waals surface area contributed by atoms with E-state index in [0.717, 1.165) is 63.4 Å². The minimum atomic E-state index is -0.650. The number of ether oxygens (including phenoxy) is 1. The largest absolute Gasteiger partial charge is 0.458 e. The first-order chi connectivity index (χ1) is 12.8. The van der Waals surface area contributed by atoms with Crippen LogP contribution < -0.4 is 0 Å². The maximum atomic E-state index is 12.1. The number of ketones is 1. The molecule has 5 aliphatic rings. The van der Waals surface area contributed by atoms with Crippen molar-refractivity contribution in [3.63, 3.8) is 0 Å². The van der Waals surface area contributed by atoms with Gasteiger partial charge in [0.1, 0.15) is 12.4 Å². The second-order valence-corrected chi connectivity index (χ2v) is 10.5. The molecule has 0 radical (unpaired) electrons. The minimum Gasteiger partial charge on any atom is -0.458 e. The predicted octanol–water partition coefficient (Wildman–Crippen LogP) is 3.81. The Bertz CT molecular complexity index is 726. The summed E-state index contributed by atoms with van der Waals surface area (Å²) in [6.07, 6.45) is 10.2. The first kappa shape index (κ1) is 17.9. The van der Waals surface area contributed by atoms with Crippen molar-refractivity contribution in [2.24, 2.45) is 34.5 Å². The van der Waals surface area contributed by atoms with Gasteiger partial charge in [-0.1, -0.05) is 13.8 Å². The molecule has 0 bridgehead atoms. The second-order valence-electron chi connectivity index (χ2n) is 10.5. The number of rotatable bonds is 1. The van der Waals surface area contributed by atoms with Crippen LogP contribution >= 0.6 is 0 Å². The van der Waals surface area contributed by atoms with E-state index in [-0.39, 0.29) is 22.7 Å². The van der Waals surface area contributed by atoms with Crippen LogP contribution in [-0.2, 0) is 14.3 Å². The summed E-state index contributed by atoms with van der Waals surface area (Å²) < 4.78 is 5.19. The van der Waals surface area contributed by atoms with E-state index in [9.17, 15) is 14.7 Å². The number of carbonyl (C=O) groups excluding carboxylic acids is 2. The molecule has 0 aromatic carbocycles. The smallest absolute Gasteiger partial charge is 0.331 e. The van der Waals surface area contributed by atoms with Gasteiger partial charge >= 0.3 is 5.97 Å². The summed E-state index contributed by atoms with van der Waals surface area (Å²) in [7, 11) is 0. The van der Waals surface area contributed by atoms with Crippen molar-refractivity contribution in [3.8, 4) is 0 Å². The van der Waals surface area contributed by atoms with Crippen molar-refractivity contribution >= 4 is 11.8 Å². The molecule has 4 heteroatoms. The maximum absolute atomic E-state index is 12.1. The zero-order valence-corrected chi connectivity index (χ0v) is 16.6. The zero-order chi connectivity index (χ0) is 19.0. The molecule has 0 aromatic heterocycles. The second kappa shape index (κ2) is 5.68. The van der Waals surface area contributed by atoms with Crippen LogP contribution in [0.5, 0.6) is 0 Å². The molecule has 1 heterocycles. The Morgan fingerprint density at radius 1 is 1.04 bits per heavy atom. The molecule has 0 spiro atoms. The molecule has 0 amide bonds. The van der Waals surface area contributed by atoms with Crippen LogP contribution in [0.4, 0.5) is 0 Å². The molecule has 3 unspecified atom stereocenters. The Balaban J connectivity index is 1.48. The number of esters is 1. The van der Waals surface area contributed by atoms with Crippen LogP contribution in [0.3, 0.4) is 0 Å². The highest BCUT2D eigenvalue weighted by atomic mass is 16.5. The monoisotopic (exact) mass is 372 g/mol. The van der Waals surface area contributed by atoms with Gasteiger partial charge in [0.15, 0.2) is 0 Å². The Morgan fingerprint density at radius 2 is 1.85 bits per heavy atom. The summed E-state index contributed by atoms with van der Waals surface area (Å²) in [5.41, 5.74) is 0.488. The Morgan fingerprint density at radius 3 is 2.59 bits per heavy atom. The molecule has 0 aromatic rings. The van der Waals surface area contributed by atoms with Gasteiger partial charge < -0.3 is 9.84 Å². The molecule has 4 saturated carbocycles. The molecular formula is C23H32O4. The predicted molar refractivity (Wildman–Crippen MR) is 101 cm³/mol. The molecule has 4 fully saturated rings. The third kappa shape index (κ3) is 2.25. The van der Waals surface area contributed by atoms with E-state index in [2.05, 4.69) is 13.8 Å². The van der Waals surface area contributed by atoms with Crippen molar-refractivity contribution in [1.29, 1.82) is 0 Å². The fourth-order valence-corrected chi connectivity index (χ4v) is 8.20. The highest BCUT2D eigenvalue weighted by Crippen LogP contribution is 2.69. The lowest BCUT2D eigenvalue weighted by atomic mass is 9.43. The van der Waals surface area contributed by atoms with Crippen LogP contribution in [0.2, 0.25) is 0 Å². The van der Waals surface area contributed by atoms with Crippen molar-refractivity contribution < 1.29 is 19.4 Å². The molecule has 1 N–H and O–H groups in total. The molecule has 27 heavy (non-hydrogen) atoms. The topological polar surface area (TPSA) is 63.6 Å². The molecule has 148 valence electrons. The van der Waals surface area contributed by atoms with Gasteiger partial charge in [0.25, 0.3) is 0 Å². The van der Waals surface area contributed by atoms with Gasteiger partial charge in [-0.15, -0.1) is 0 Å². The molecule has 1 aliphatic heterocycles. The normalized spacial score (nSPS) is 51.9. The van der Waals surface area contributed by atoms with E-state index >= 15 is 0 Å². The summed E-state index contributed by atoms with van der Waals surface area (Å²) in [6, 6.07) is 0. The number of Topliss-reactive ketones (excluding diaryl/α,β-unsaturated/α-hetero) is 1. The van der Waals surface area contributed by atoms with Crippen LogP contribution in [0.1, 0.15) is 71.6 Å². The first-order valence-electron chi connectivity index (χ1n) is 10.9. The SMILES string of the molecule is C[C@]12CCC(=O)CC1CCC1C2CC[C@]2(C)[C@@H](C3=CC(=O)OC3)CC[C@]12O. The van der Waals surface area contributed by atoms with Crippen LogP contribution in [0.25, 0.3) is 0 Å². The average molecular weight is 373 g/mol. The number of fused-ring (bicyclic) bond motifs is 5. The lowest BCUT2D eigenvalue weighted by molar-refractivity contribution is -0.203. The molecular weight excluding hydrogens is 340 g/mol. The van der Waals surface area contributed by atoms with Gasteiger partial charge in [0.2, 0.25) is 0 Å². The third-order valence-electron chi connectivity index (χ3n) is 9.80. The Labute approximate surface area is 161 Å². The molecule has 0 saturated heterocycles. The maximum Gasteiger partial charge on any atom is 0.331 e. The van der Waals surface area contributed by atoms with Crippen LogP contribution in [-0.4, -0.2) is 29.1 Å². The van der Waals surface area contributed by atoms with E-state index in [1.165, 1.54) is 0 Å². The standard InChI is InChI=1S/C23H32O4/c1-21-8-5-16(24)12-15(21)3-4-19-18(21)6-9-22(2)17(7-10-23(19,22)26)14-11-20(25)27-13-14/h11,15,17-19,26H,3-10,12-13H2,1-2H3/t15?,17-,18?,19?,21+,22-,23+/m1/s1. The third-order valence-corrected chi connectivity index (χ3v) is 9.80. The van der Waals surface area contributed by atoms with Crippen molar-refractivity contribution in [3.05, 3.63) is 11.6 Å².